The fraction of sp³-hybridized carbons (Fsp3) is 0.294. The van der Waals surface area contributed by atoms with Gasteiger partial charge >= 0.3 is 0 Å². The van der Waals surface area contributed by atoms with Crippen LogP contribution in [0.4, 0.5) is 5.69 Å². The number of hydrogen-bond acceptors (Lipinski definition) is 4. The van der Waals surface area contributed by atoms with Crippen molar-refractivity contribution in [1.29, 1.82) is 0 Å². The van der Waals surface area contributed by atoms with Crippen LogP contribution in [0.1, 0.15) is 39.2 Å². The zero-order valence-corrected chi connectivity index (χ0v) is 13.3. The lowest BCUT2D eigenvalue weighted by molar-refractivity contribution is 0.0955. The lowest BCUT2D eigenvalue weighted by atomic mass is 10.1. The summed E-state index contributed by atoms with van der Waals surface area (Å²) in [5.41, 5.74) is 7.13. The van der Waals surface area contributed by atoms with Crippen molar-refractivity contribution in [3.05, 3.63) is 53.0 Å². The molecule has 2 rings (SSSR count). The minimum atomic E-state index is -0.383. The summed E-state index contributed by atoms with van der Waals surface area (Å²) in [7, 11) is 0. The Morgan fingerprint density at radius 2 is 1.96 bits per heavy atom. The van der Waals surface area contributed by atoms with Crippen LogP contribution in [-0.4, -0.2) is 24.9 Å². The van der Waals surface area contributed by atoms with E-state index in [-0.39, 0.29) is 17.6 Å². The van der Waals surface area contributed by atoms with Crippen LogP contribution in [0.2, 0.25) is 0 Å². The molecule has 2 amide bonds. The Labute approximate surface area is 135 Å². The molecule has 0 radical (unpaired) electrons. The van der Waals surface area contributed by atoms with Gasteiger partial charge < -0.3 is 20.8 Å². The topological polar surface area (TPSA) is 97.4 Å². The van der Waals surface area contributed by atoms with E-state index < -0.39 is 0 Å². The second kappa shape index (κ2) is 7.60. The summed E-state index contributed by atoms with van der Waals surface area (Å²) in [4.78, 5) is 24.4. The Kier molecular flexibility index (Phi) is 5.54. The highest BCUT2D eigenvalue weighted by Gasteiger charge is 2.17. The van der Waals surface area contributed by atoms with Crippen LogP contribution in [-0.2, 0) is 6.42 Å². The second-order valence-electron chi connectivity index (χ2n) is 5.11. The monoisotopic (exact) mass is 315 g/mol. The molecule has 1 aromatic carbocycles. The van der Waals surface area contributed by atoms with Gasteiger partial charge in [-0.05, 0) is 30.7 Å². The number of nitrogens with one attached hydrogen (secondary N) is 2. The Morgan fingerprint density at radius 3 is 2.61 bits per heavy atom. The van der Waals surface area contributed by atoms with Crippen molar-refractivity contribution >= 4 is 17.5 Å². The number of nitrogens with two attached hydrogens (primary N) is 1. The van der Waals surface area contributed by atoms with Crippen molar-refractivity contribution in [2.24, 2.45) is 5.73 Å². The van der Waals surface area contributed by atoms with Gasteiger partial charge in [0, 0.05) is 19.5 Å². The summed E-state index contributed by atoms with van der Waals surface area (Å²) in [6, 6.07) is 8.50. The predicted octanol–water partition coefficient (Wildman–Crippen LogP) is 2.09. The maximum Gasteiger partial charge on any atom is 0.291 e. The predicted molar refractivity (Wildman–Crippen MR) is 88.6 cm³/mol. The third-order valence-electron chi connectivity index (χ3n) is 3.42. The first-order valence-corrected chi connectivity index (χ1v) is 7.54. The molecule has 0 saturated carbocycles. The first-order chi connectivity index (χ1) is 11.1. The molecule has 6 heteroatoms. The summed E-state index contributed by atoms with van der Waals surface area (Å²) >= 11 is 0. The molecule has 0 atom stereocenters. The average Bonchev–Trinajstić information content (AvgIpc) is 2.94. The highest BCUT2D eigenvalue weighted by molar-refractivity contribution is 6.08. The van der Waals surface area contributed by atoms with E-state index in [1.165, 1.54) is 0 Å². The summed E-state index contributed by atoms with van der Waals surface area (Å²) in [5.74, 6) is 0.351. The number of rotatable bonds is 6. The Bertz CT molecular complexity index is 707. The Hall–Kier alpha value is -2.60. The van der Waals surface area contributed by atoms with Crippen molar-refractivity contribution in [3.63, 3.8) is 0 Å². The molecule has 122 valence electrons. The molecule has 0 unspecified atom stereocenters. The molecule has 0 aliphatic carbocycles. The van der Waals surface area contributed by atoms with Crippen molar-refractivity contribution in [2.75, 3.05) is 18.4 Å². The van der Waals surface area contributed by atoms with Gasteiger partial charge in [0.15, 0.2) is 5.76 Å². The molecule has 0 aliphatic heterocycles. The average molecular weight is 315 g/mol. The Balaban J connectivity index is 2.19. The number of para-hydroxylation sites is 1. The van der Waals surface area contributed by atoms with Gasteiger partial charge in [-0.1, -0.05) is 19.1 Å². The van der Waals surface area contributed by atoms with Crippen molar-refractivity contribution in [3.8, 4) is 0 Å². The summed E-state index contributed by atoms with van der Waals surface area (Å²) in [6.45, 7) is 4.59. The van der Waals surface area contributed by atoms with Crippen LogP contribution >= 0.6 is 0 Å². The second-order valence-corrected chi connectivity index (χ2v) is 5.11. The summed E-state index contributed by atoms with van der Waals surface area (Å²) in [5, 5.41) is 5.41. The number of aryl methyl sites for hydroxylation is 2. The van der Waals surface area contributed by atoms with Crippen molar-refractivity contribution in [1.82, 2.24) is 5.32 Å². The van der Waals surface area contributed by atoms with Gasteiger partial charge in [-0.3, -0.25) is 9.59 Å². The van der Waals surface area contributed by atoms with Gasteiger partial charge in [0.05, 0.1) is 11.3 Å². The highest BCUT2D eigenvalue weighted by Crippen LogP contribution is 2.19. The number of benzene rings is 1. The number of hydrogen-bond donors (Lipinski definition) is 3. The first kappa shape index (κ1) is 16.8. The normalized spacial score (nSPS) is 10.4. The maximum atomic E-state index is 12.3. The molecule has 0 bridgehead atoms. The molecule has 1 aromatic heterocycles. The van der Waals surface area contributed by atoms with E-state index in [9.17, 15) is 9.59 Å². The van der Waals surface area contributed by atoms with Crippen molar-refractivity contribution in [2.45, 2.75) is 20.3 Å². The van der Waals surface area contributed by atoms with E-state index in [1.807, 2.05) is 13.8 Å². The van der Waals surface area contributed by atoms with E-state index in [0.717, 1.165) is 17.7 Å². The highest BCUT2D eigenvalue weighted by atomic mass is 16.4. The van der Waals surface area contributed by atoms with Gasteiger partial charge in [0.1, 0.15) is 5.76 Å². The van der Waals surface area contributed by atoms with Gasteiger partial charge in [-0.25, -0.2) is 0 Å². The SMILES string of the molecule is CCc1oc(C(=O)Nc2ccccc2C(=O)NCCN)cc1C. The van der Waals surface area contributed by atoms with E-state index in [2.05, 4.69) is 10.6 Å². The molecule has 0 fully saturated rings. The van der Waals surface area contributed by atoms with Crippen LogP contribution in [0.3, 0.4) is 0 Å². The van der Waals surface area contributed by atoms with Gasteiger partial charge in [0.2, 0.25) is 0 Å². The van der Waals surface area contributed by atoms with Crippen LogP contribution in [0, 0.1) is 6.92 Å². The quantitative estimate of drug-likeness (QED) is 0.760. The number of carbonyl (C=O) groups excluding carboxylic acids is 2. The number of furan rings is 1. The van der Waals surface area contributed by atoms with E-state index in [1.54, 1.807) is 30.3 Å². The maximum absolute atomic E-state index is 12.3. The third kappa shape index (κ3) is 3.98. The van der Waals surface area contributed by atoms with Gasteiger partial charge in [-0.2, -0.15) is 0 Å². The lowest BCUT2D eigenvalue weighted by Crippen LogP contribution is -2.29. The molecule has 0 spiro atoms. The molecule has 23 heavy (non-hydrogen) atoms. The molecule has 2 aromatic rings. The molecular weight excluding hydrogens is 294 g/mol. The van der Waals surface area contributed by atoms with Crippen LogP contribution in [0.15, 0.2) is 34.7 Å². The zero-order chi connectivity index (χ0) is 16.8. The molecule has 0 aliphatic rings. The minimum absolute atomic E-state index is 0.233. The van der Waals surface area contributed by atoms with Crippen LogP contribution < -0.4 is 16.4 Å². The van der Waals surface area contributed by atoms with Gasteiger partial charge in [-0.15, -0.1) is 0 Å². The molecule has 0 saturated heterocycles. The van der Waals surface area contributed by atoms with E-state index >= 15 is 0 Å². The standard InChI is InChI=1S/C17H21N3O3/c1-3-14-11(2)10-15(23-14)17(22)20-13-7-5-4-6-12(13)16(21)19-9-8-18/h4-7,10H,3,8-9,18H2,1-2H3,(H,19,21)(H,20,22). The zero-order valence-electron chi connectivity index (χ0n) is 13.3. The van der Waals surface area contributed by atoms with Crippen LogP contribution in [0.25, 0.3) is 0 Å². The Morgan fingerprint density at radius 1 is 1.22 bits per heavy atom. The van der Waals surface area contributed by atoms with E-state index in [0.29, 0.717) is 24.3 Å². The third-order valence-corrected chi connectivity index (χ3v) is 3.42. The lowest BCUT2D eigenvalue weighted by Gasteiger charge is -2.10. The summed E-state index contributed by atoms with van der Waals surface area (Å²) < 4.78 is 5.53. The number of amides is 2. The molecule has 4 N–H and O–H groups in total. The van der Waals surface area contributed by atoms with Gasteiger partial charge in [0.25, 0.3) is 11.8 Å². The fourth-order valence-electron chi connectivity index (χ4n) is 2.24. The smallest absolute Gasteiger partial charge is 0.291 e. The minimum Gasteiger partial charge on any atom is -0.456 e. The van der Waals surface area contributed by atoms with E-state index in [4.69, 9.17) is 10.2 Å². The summed E-state index contributed by atoms with van der Waals surface area (Å²) in [6.07, 6.45) is 0.719. The molecular formula is C17H21N3O3. The number of carbonyl (C=O) groups is 2. The molecule has 6 nitrogen and oxygen atoms in total. The van der Waals surface area contributed by atoms with Crippen LogP contribution in [0.5, 0.6) is 0 Å². The molecule has 1 heterocycles. The number of anilines is 1. The van der Waals surface area contributed by atoms with Crippen molar-refractivity contribution < 1.29 is 14.0 Å². The first-order valence-electron chi connectivity index (χ1n) is 7.54. The largest absolute Gasteiger partial charge is 0.456 e. The fourth-order valence-corrected chi connectivity index (χ4v) is 2.24.